The number of aromatic nitrogens is 1. The Kier molecular flexibility index (Phi) is 4.39. The largest absolute Gasteiger partial charge is 0.494 e. The molecule has 0 amide bonds. The second-order valence-corrected chi connectivity index (χ2v) is 4.98. The minimum absolute atomic E-state index is 0.190. The Hall–Kier alpha value is -2.66. The SMILES string of the molecule is COCc1onc(-c2ccc(OC)c(F)c2)c1-c1ccccc1. The zero-order valence-corrected chi connectivity index (χ0v) is 12.9. The van der Waals surface area contributed by atoms with E-state index in [2.05, 4.69) is 5.16 Å². The third kappa shape index (κ3) is 2.96. The van der Waals surface area contributed by atoms with Crippen LogP contribution in [-0.2, 0) is 11.3 Å². The Morgan fingerprint density at radius 2 is 1.83 bits per heavy atom. The van der Waals surface area contributed by atoms with Crippen LogP contribution in [0.1, 0.15) is 5.76 Å². The van der Waals surface area contributed by atoms with E-state index in [1.807, 2.05) is 30.3 Å². The van der Waals surface area contributed by atoms with Crippen LogP contribution < -0.4 is 4.74 Å². The fourth-order valence-electron chi connectivity index (χ4n) is 2.47. The molecule has 0 bridgehead atoms. The summed E-state index contributed by atoms with van der Waals surface area (Å²) in [5.41, 5.74) is 2.93. The summed E-state index contributed by atoms with van der Waals surface area (Å²) in [4.78, 5) is 0. The number of nitrogens with zero attached hydrogens (tertiary/aromatic N) is 1. The van der Waals surface area contributed by atoms with Crippen molar-refractivity contribution in [2.24, 2.45) is 0 Å². The molecule has 3 aromatic rings. The topological polar surface area (TPSA) is 44.5 Å². The molecule has 0 saturated heterocycles. The molecule has 0 aliphatic rings. The van der Waals surface area contributed by atoms with Gasteiger partial charge in [-0.05, 0) is 23.8 Å². The van der Waals surface area contributed by atoms with Gasteiger partial charge in [-0.25, -0.2) is 4.39 Å². The van der Waals surface area contributed by atoms with Crippen LogP contribution in [-0.4, -0.2) is 19.4 Å². The average molecular weight is 313 g/mol. The second-order valence-electron chi connectivity index (χ2n) is 4.98. The molecule has 0 spiro atoms. The molecular formula is C18H16FNO3. The predicted octanol–water partition coefficient (Wildman–Crippen LogP) is 4.30. The number of ether oxygens (including phenoxy) is 2. The van der Waals surface area contributed by atoms with Crippen molar-refractivity contribution in [3.05, 3.63) is 60.1 Å². The van der Waals surface area contributed by atoms with Gasteiger partial charge in [-0.3, -0.25) is 0 Å². The molecule has 1 heterocycles. The molecule has 1 aromatic heterocycles. The summed E-state index contributed by atoms with van der Waals surface area (Å²) >= 11 is 0. The minimum Gasteiger partial charge on any atom is -0.494 e. The van der Waals surface area contributed by atoms with Crippen molar-refractivity contribution in [1.82, 2.24) is 5.16 Å². The molecule has 0 fully saturated rings. The maximum absolute atomic E-state index is 14.0. The van der Waals surface area contributed by atoms with Gasteiger partial charge in [0.15, 0.2) is 17.3 Å². The smallest absolute Gasteiger partial charge is 0.170 e. The highest BCUT2D eigenvalue weighted by atomic mass is 19.1. The van der Waals surface area contributed by atoms with Gasteiger partial charge in [-0.15, -0.1) is 0 Å². The number of rotatable bonds is 5. The lowest BCUT2D eigenvalue weighted by atomic mass is 9.99. The van der Waals surface area contributed by atoms with Crippen LogP contribution in [0.2, 0.25) is 0 Å². The second kappa shape index (κ2) is 6.62. The number of methoxy groups -OCH3 is 2. The van der Waals surface area contributed by atoms with E-state index in [4.69, 9.17) is 14.0 Å². The average Bonchev–Trinajstić information content (AvgIpc) is 2.99. The summed E-state index contributed by atoms with van der Waals surface area (Å²) in [6.07, 6.45) is 0. The monoisotopic (exact) mass is 313 g/mol. The zero-order valence-electron chi connectivity index (χ0n) is 12.9. The highest BCUT2D eigenvalue weighted by Gasteiger charge is 2.20. The van der Waals surface area contributed by atoms with Gasteiger partial charge >= 0.3 is 0 Å². The van der Waals surface area contributed by atoms with Gasteiger partial charge in [-0.1, -0.05) is 35.5 Å². The van der Waals surface area contributed by atoms with Gasteiger partial charge < -0.3 is 14.0 Å². The first kappa shape index (κ1) is 15.2. The molecule has 0 aliphatic heterocycles. The standard InChI is InChI=1S/C18H16FNO3/c1-21-11-16-17(12-6-4-3-5-7-12)18(20-23-16)13-8-9-15(22-2)14(19)10-13/h3-10H,11H2,1-2H3. The van der Waals surface area contributed by atoms with Crippen molar-refractivity contribution in [3.8, 4) is 28.1 Å². The molecule has 0 radical (unpaired) electrons. The van der Waals surface area contributed by atoms with E-state index >= 15 is 0 Å². The van der Waals surface area contributed by atoms with Crippen molar-refractivity contribution < 1.29 is 18.4 Å². The summed E-state index contributed by atoms with van der Waals surface area (Å²) in [5, 5.41) is 4.12. The molecule has 118 valence electrons. The summed E-state index contributed by atoms with van der Waals surface area (Å²) < 4.78 is 29.6. The minimum atomic E-state index is -0.444. The van der Waals surface area contributed by atoms with Crippen molar-refractivity contribution in [1.29, 1.82) is 0 Å². The molecule has 0 N–H and O–H groups in total. The first-order valence-electron chi connectivity index (χ1n) is 7.11. The molecule has 23 heavy (non-hydrogen) atoms. The van der Waals surface area contributed by atoms with E-state index in [1.165, 1.54) is 13.2 Å². The lowest BCUT2D eigenvalue weighted by Crippen LogP contribution is -1.91. The van der Waals surface area contributed by atoms with Crippen molar-refractivity contribution in [2.45, 2.75) is 6.61 Å². The molecular weight excluding hydrogens is 297 g/mol. The molecule has 5 heteroatoms. The van der Waals surface area contributed by atoms with Gasteiger partial charge in [-0.2, -0.15) is 0 Å². The molecule has 2 aromatic carbocycles. The van der Waals surface area contributed by atoms with E-state index in [9.17, 15) is 4.39 Å². The summed E-state index contributed by atoms with van der Waals surface area (Å²) in [6, 6.07) is 14.4. The molecule has 0 atom stereocenters. The predicted molar refractivity (Wildman–Crippen MR) is 84.6 cm³/mol. The van der Waals surface area contributed by atoms with Crippen molar-refractivity contribution in [3.63, 3.8) is 0 Å². The van der Waals surface area contributed by atoms with Crippen LogP contribution in [0.25, 0.3) is 22.4 Å². The summed E-state index contributed by atoms with van der Waals surface area (Å²) in [6.45, 7) is 0.288. The normalized spacial score (nSPS) is 10.7. The first-order valence-corrected chi connectivity index (χ1v) is 7.11. The van der Waals surface area contributed by atoms with E-state index < -0.39 is 5.82 Å². The van der Waals surface area contributed by atoms with Gasteiger partial charge in [0.25, 0.3) is 0 Å². The van der Waals surface area contributed by atoms with E-state index in [0.717, 1.165) is 11.1 Å². The Morgan fingerprint density at radius 1 is 1.04 bits per heavy atom. The van der Waals surface area contributed by atoms with Crippen LogP contribution in [0.3, 0.4) is 0 Å². The summed E-state index contributed by atoms with van der Waals surface area (Å²) in [5.74, 6) is 0.348. The van der Waals surface area contributed by atoms with Crippen LogP contribution in [0.15, 0.2) is 53.1 Å². The lowest BCUT2D eigenvalue weighted by Gasteiger charge is -2.06. The van der Waals surface area contributed by atoms with E-state index in [1.54, 1.807) is 19.2 Å². The highest BCUT2D eigenvalue weighted by molar-refractivity contribution is 5.82. The fourth-order valence-corrected chi connectivity index (χ4v) is 2.47. The first-order chi connectivity index (χ1) is 11.2. The molecule has 0 unspecified atom stereocenters. The van der Waals surface area contributed by atoms with Crippen LogP contribution in [0.4, 0.5) is 4.39 Å². The number of benzene rings is 2. The van der Waals surface area contributed by atoms with E-state index in [0.29, 0.717) is 17.0 Å². The quantitative estimate of drug-likeness (QED) is 0.704. The van der Waals surface area contributed by atoms with Gasteiger partial charge in [0.2, 0.25) is 0 Å². The lowest BCUT2D eigenvalue weighted by molar-refractivity contribution is 0.156. The molecule has 0 aliphatic carbocycles. The van der Waals surface area contributed by atoms with Crippen molar-refractivity contribution >= 4 is 0 Å². The number of hydrogen-bond donors (Lipinski definition) is 0. The fraction of sp³-hybridized carbons (Fsp3) is 0.167. The van der Waals surface area contributed by atoms with Gasteiger partial charge in [0.1, 0.15) is 12.3 Å². The Balaban J connectivity index is 2.14. The molecule has 0 saturated carbocycles. The van der Waals surface area contributed by atoms with Crippen LogP contribution in [0, 0.1) is 5.82 Å². The zero-order chi connectivity index (χ0) is 16.2. The van der Waals surface area contributed by atoms with Gasteiger partial charge in [0.05, 0.1) is 12.7 Å². The third-order valence-corrected chi connectivity index (χ3v) is 3.53. The van der Waals surface area contributed by atoms with Crippen LogP contribution in [0.5, 0.6) is 5.75 Å². The maximum Gasteiger partial charge on any atom is 0.170 e. The molecule has 4 nitrogen and oxygen atoms in total. The number of hydrogen-bond acceptors (Lipinski definition) is 4. The van der Waals surface area contributed by atoms with Crippen molar-refractivity contribution in [2.75, 3.05) is 14.2 Å². The Labute approximate surface area is 133 Å². The Morgan fingerprint density at radius 3 is 2.48 bits per heavy atom. The highest BCUT2D eigenvalue weighted by Crippen LogP contribution is 2.36. The van der Waals surface area contributed by atoms with E-state index in [-0.39, 0.29) is 12.4 Å². The maximum atomic E-state index is 14.0. The molecule has 3 rings (SSSR count). The number of halogens is 1. The van der Waals surface area contributed by atoms with Gasteiger partial charge in [0, 0.05) is 12.7 Å². The van der Waals surface area contributed by atoms with Crippen LogP contribution >= 0.6 is 0 Å². The Bertz CT molecular complexity index is 799. The third-order valence-electron chi connectivity index (χ3n) is 3.53. The summed E-state index contributed by atoms with van der Waals surface area (Å²) in [7, 11) is 3.02.